The third-order valence-electron chi connectivity index (χ3n) is 13.4. The molecule has 5 saturated carbocycles. The van der Waals surface area contributed by atoms with E-state index in [1.54, 1.807) is 0 Å². The summed E-state index contributed by atoms with van der Waals surface area (Å²) in [7, 11) is -10.3. The topological polar surface area (TPSA) is 156 Å². The summed E-state index contributed by atoms with van der Waals surface area (Å²) in [6.45, 7) is 0. The van der Waals surface area contributed by atoms with Crippen LogP contribution < -0.4 is 9.46 Å². The number of nitrogens with one attached hydrogen (secondary N) is 1. The molecule has 55 heavy (non-hydrogen) atoms. The predicted molar refractivity (Wildman–Crippen MR) is 188 cm³/mol. The highest BCUT2D eigenvalue weighted by atomic mass is 32.2. The van der Waals surface area contributed by atoms with Gasteiger partial charge >= 0.3 is 11.9 Å². The Labute approximate surface area is 317 Å². The van der Waals surface area contributed by atoms with Gasteiger partial charge in [0.05, 0.1) is 22.8 Å². The highest BCUT2D eigenvalue weighted by Crippen LogP contribution is 2.57. The van der Waals surface area contributed by atoms with Crippen molar-refractivity contribution in [2.45, 2.75) is 143 Å². The van der Waals surface area contributed by atoms with Crippen LogP contribution in [0, 0.1) is 41.0 Å². The van der Waals surface area contributed by atoms with Gasteiger partial charge in [-0.25, -0.2) is 35.1 Å². The molecule has 6 fully saturated rings. The van der Waals surface area contributed by atoms with Gasteiger partial charge in [-0.1, -0.05) is 69.9 Å². The lowest BCUT2D eigenvalue weighted by atomic mass is 9.73. The maximum absolute atomic E-state index is 14.9. The van der Waals surface area contributed by atoms with Crippen molar-refractivity contribution >= 4 is 32.1 Å². The lowest BCUT2D eigenvalue weighted by Gasteiger charge is -2.34. The van der Waals surface area contributed by atoms with Crippen LogP contribution in [0.1, 0.15) is 148 Å². The second-order valence-electron chi connectivity index (χ2n) is 16.5. The average molecular weight is 811 g/mol. The van der Waals surface area contributed by atoms with Crippen LogP contribution in [0.3, 0.4) is 0 Å². The molecule has 1 N–H and O–H groups in total. The number of hydrogen-bond donors (Lipinski definition) is 1. The SMILES string of the molecule is O=C(OC1C2CC3C1NS(=O)(=O)C3C2C(=O)Oc1c(F)c(F)c(S(=O)(=O)[O-])c(F)c1F)c1c(C2CCCCC2)cc(C2CCCCC2)cc1C1CCCCC1. The molecule has 0 spiro atoms. The monoisotopic (exact) mass is 810 g/mol. The molecule has 2 bridgehead atoms. The van der Waals surface area contributed by atoms with Crippen LogP contribution in [-0.2, 0) is 29.7 Å². The third-order valence-corrected chi connectivity index (χ3v) is 16.2. The van der Waals surface area contributed by atoms with E-state index in [4.69, 9.17) is 9.47 Å². The second kappa shape index (κ2) is 14.7. The molecule has 0 aromatic heterocycles. The number of halogens is 4. The molecule has 16 heteroatoms. The molecule has 2 aromatic rings. The maximum Gasteiger partial charge on any atom is 0.339 e. The first kappa shape index (κ1) is 38.8. The summed E-state index contributed by atoms with van der Waals surface area (Å²) >= 11 is 0. The van der Waals surface area contributed by atoms with Crippen LogP contribution in [0.25, 0.3) is 0 Å². The molecular formula is C39H44F4NO9S2-. The number of ether oxygens (including phenoxy) is 2. The first-order valence-electron chi connectivity index (χ1n) is 19.6. The summed E-state index contributed by atoms with van der Waals surface area (Å²) < 4.78 is 133. The highest BCUT2D eigenvalue weighted by Gasteiger charge is 2.71. The molecule has 1 heterocycles. The molecular weight excluding hydrogens is 767 g/mol. The molecule has 0 amide bonds. The number of hydrogen-bond acceptors (Lipinski definition) is 9. The quantitative estimate of drug-likeness (QED) is 0.0947. The van der Waals surface area contributed by atoms with Crippen molar-refractivity contribution in [1.29, 1.82) is 0 Å². The largest absolute Gasteiger partial charge is 0.744 e. The molecule has 2 aromatic carbocycles. The van der Waals surface area contributed by atoms with Gasteiger partial charge < -0.3 is 14.0 Å². The van der Waals surface area contributed by atoms with Gasteiger partial charge in [0.2, 0.25) is 27.4 Å². The van der Waals surface area contributed by atoms with Gasteiger partial charge in [-0.05, 0) is 85.3 Å². The molecule has 5 aliphatic carbocycles. The smallest absolute Gasteiger partial charge is 0.339 e. The van der Waals surface area contributed by atoms with Crippen LogP contribution >= 0.6 is 0 Å². The third kappa shape index (κ3) is 6.79. The van der Waals surface area contributed by atoms with Gasteiger partial charge in [0.15, 0.2) is 11.6 Å². The Kier molecular flexibility index (Phi) is 10.4. The van der Waals surface area contributed by atoms with E-state index in [9.17, 15) is 48.5 Å². The molecule has 1 saturated heterocycles. The van der Waals surface area contributed by atoms with Crippen LogP contribution in [0.5, 0.6) is 5.75 Å². The summed E-state index contributed by atoms with van der Waals surface area (Å²) in [5.74, 6) is -17.0. The van der Waals surface area contributed by atoms with Gasteiger partial charge in [-0.2, -0.15) is 8.78 Å². The zero-order valence-corrected chi connectivity index (χ0v) is 31.8. The molecule has 10 nitrogen and oxygen atoms in total. The number of rotatable bonds is 8. The van der Waals surface area contributed by atoms with Crippen molar-refractivity contribution in [2.24, 2.45) is 17.8 Å². The Morgan fingerprint density at radius 2 is 1.22 bits per heavy atom. The first-order valence-corrected chi connectivity index (χ1v) is 22.6. The fraction of sp³-hybridized carbons (Fsp3) is 0.641. The molecule has 0 radical (unpaired) electrons. The number of esters is 2. The van der Waals surface area contributed by atoms with Crippen molar-refractivity contribution in [2.75, 3.05) is 0 Å². The summed E-state index contributed by atoms with van der Waals surface area (Å²) in [6.07, 6.45) is 14.5. The summed E-state index contributed by atoms with van der Waals surface area (Å²) in [5.41, 5.74) is 3.66. The first-order chi connectivity index (χ1) is 26.2. The zero-order valence-electron chi connectivity index (χ0n) is 30.2. The fourth-order valence-corrected chi connectivity index (χ4v) is 13.9. The summed E-state index contributed by atoms with van der Waals surface area (Å²) in [6, 6.07) is 3.51. The van der Waals surface area contributed by atoms with E-state index in [0.29, 0.717) is 11.5 Å². The van der Waals surface area contributed by atoms with Crippen molar-refractivity contribution in [3.63, 3.8) is 0 Å². The predicted octanol–water partition coefficient (Wildman–Crippen LogP) is 7.36. The minimum absolute atomic E-state index is 0.0614. The Balaban J connectivity index is 1.15. The number of sulfonamides is 1. The normalized spacial score (nSPS) is 29.8. The number of benzene rings is 2. The Hall–Kier alpha value is -3.08. The molecule has 6 atom stereocenters. The molecule has 6 aliphatic rings. The van der Waals surface area contributed by atoms with Crippen LogP contribution in [0.2, 0.25) is 0 Å². The lowest BCUT2D eigenvalue weighted by Crippen LogP contribution is -2.47. The lowest BCUT2D eigenvalue weighted by molar-refractivity contribution is -0.142. The minimum atomic E-state index is -6.03. The van der Waals surface area contributed by atoms with Crippen molar-refractivity contribution in [1.82, 2.24) is 4.72 Å². The van der Waals surface area contributed by atoms with E-state index in [0.717, 1.165) is 101 Å². The van der Waals surface area contributed by atoms with E-state index in [-0.39, 0.29) is 18.3 Å². The van der Waals surface area contributed by atoms with Crippen molar-refractivity contribution < 1.29 is 58.0 Å². The van der Waals surface area contributed by atoms with E-state index in [1.165, 1.54) is 12.0 Å². The van der Waals surface area contributed by atoms with Crippen LogP contribution in [-0.4, -0.2) is 50.7 Å². The highest BCUT2D eigenvalue weighted by molar-refractivity contribution is 7.90. The molecule has 6 unspecified atom stereocenters. The Morgan fingerprint density at radius 3 is 1.71 bits per heavy atom. The average Bonchev–Trinajstić information content (AvgIpc) is 3.79. The maximum atomic E-state index is 14.9. The van der Waals surface area contributed by atoms with Crippen molar-refractivity contribution in [3.8, 4) is 5.75 Å². The Morgan fingerprint density at radius 1 is 0.727 bits per heavy atom. The van der Waals surface area contributed by atoms with Gasteiger partial charge in [0, 0.05) is 5.92 Å². The van der Waals surface area contributed by atoms with Gasteiger partial charge in [-0.15, -0.1) is 0 Å². The molecule has 1 aliphatic heterocycles. The van der Waals surface area contributed by atoms with E-state index < -0.39 is 101 Å². The fourth-order valence-electron chi connectivity index (χ4n) is 11.0. The summed E-state index contributed by atoms with van der Waals surface area (Å²) in [4.78, 5) is 26.1. The number of carbonyl (C=O) groups excluding carboxylic acids is 2. The summed E-state index contributed by atoms with van der Waals surface area (Å²) in [5, 5.41) is -1.46. The second-order valence-corrected chi connectivity index (χ2v) is 19.7. The van der Waals surface area contributed by atoms with E-state index >= 15 is 0 Å². The number of fused-ring (bicyclic) bond motifs is 1. The van der Waals surface area contributed by atoms with Crippen LogP contribution in [0.15, 0.2) is 17.0 Å². The molecule has 300 valence electrons. The number of carbonyl (C=O) groups is 2. The minimum Gasteiger partial charge on any atom is -0.744 e. The zero-order chi connectivity index (χ0) is 39.0. The van der Waals surface area contributed by atoms with Crippen LogP contribution in [0.4, 0.5) is 17.6 Å². The standard InChI is InChI=1S/C39H45F4NO9S2/c40-29-31(42)37(55(49,50)51)32(43)30(41)35(29)53-39(46)28-25-18-26-33(44-54(47,48)36(26)28)34(25)52-38(45)27-23(20-12-6-2-7-13-20)16-22(19-10-4-1-5-11-19)17-24(27)21-14-8-3-9-15-21/h16-17,19-21,25-26,28,33-34,36,44H,1-15,18H2,(H,49,50,51)/p-1. The van der Waals surface area contributed by atoms with Crippen molar-refractivity contribution in [3.05, 3.63) is 57.7 Å². The van der Waals surface area contributed by atoms with Gasteiger partial charge in [-0.3, -0.25) is 4.79 Å². The van der Waals surface area contributed by atoms with E-state index in [1.807, 2.05) is 0 Å². The van der Waals surface area contributed by atoms with Gasteiger partial charge in [0.25, 0.3) is 0 Å². The van der Waals surface area contributed by atoms with Gasteiger partial charge in [0.1, 0.15) is 21.1 Å². The molecule has 8 rings (SSSR count). The Bertz CT molecular complexity index is 2040. The van der Waals surface area contributed by atoms with E-state index in [2.05, 4.69) is 16.9 Å².